The lowest BCUT2D eigenvalue weighted by Crippen LogP contribution is -1.97. The van der Waals surface area contributed by atoms with Crippen molar-refractivity contribution in [3.8, 4) is 0 Å². The molecular weight excluding hydrogens is 196 g/mol. The van der Waals surface area contributed by atoms with Crippen molar-refractivity contribution in [1.82, 2.24) is 0 Å². The topological polar surface area (TPSA) is 17.1 Å². The van der Waals surface area contributed by atoms with Crippen LogP contribution in [0.5, 0.6) is 0 Å². The quantitative estimate of drug-likeness (QED) is 0.509. The third kappa shape index (κ3) is 4.01. The van der Waals surface area contributed by atoms with Gasteiger partial charge >= 0.3 is 0 Å². The Morgan fingerprint density at radius 3 is 2.31 bits per heavy atom. The minimum atomic E-state index is 0.239. The number of rotatable bonds is 6. The summed E-state index contributed by atoms with van der Waals surface area (Å²) < 4.78 is 0. The Kier molecular flexibility index (Phi) is 5.55. The molecule has 0 aliphatic heterocycles. The zero-order chi connectivity index (χ0) is 11.8. The molecule has 1 heteroatoms. The van der Waals surface area contributed by atoms with E-state index in [1.54, 1.807) is 0 Å². The molecule has 0 amide bonds. The van der Waals surface area contributed by atoms with E-state index in [0.717, 1.165) is 24.8 Å². The van der Waals surface area contributed by atoms with E-state index < -0.39 is 0 Å². The maximum Gasteiger partial charge on any atom is 0.163 e. The van der Waals surface area contributed by atoms with Gasteiger partial charge in [-0.1, -0.05) is 55.8 Å². The summed E-state index contributed by atoms with van der Waals surface area (Å²) in [7, 11) is 0. The van der Waals surface area contributed by atoms with E-state index in [-0.39, 0.29) is 5.78 Å². The summed E-state index contributed by atoms with van der Waals surface area (Å²) in [5, 5.41) is 0. The first kappa shape index (κ1) is 12.7. The van der Waals surface area contributed by atoms with Gasteiger partial charge in [-0.05, 0) is 19.3 Å². The minimum absolute atomic E-state index is 0.239. The van der Waals surface area contributed by atoms with Crippen molar-refractivity contribution in [2.75, 3.05) is 0 Å². The zero-order valence-electron chi connectivity index (χ0n) is 10.2. The summed E-state index contributed by atoms with van der Waals surface area (Å²) in [6.07, 6.45) is 5.88. The second-order valence-electron chi connectivity index (χ2n) is 3.90. The molecule has 0 aliphatic rings. The molecule has 16 heavy (non-hydrogen) atoms. The normalized spacial score (nSPS) is 9.88. The Morgan fingerprint density at radius 1 is 1.12 bits per heavy atom. The van der Waals surface area contributed by atoms with Gasteiger partial charge in [-0.25, -0.2) is 0 Å². The molecule has 0 unspecified atom stereocenters. The van der Waals surface area contributed by atoms with Crippen molar-refractivity contribution in [3.63, 3.8) is 0 Å². The van der Waals surface area contributed by atoms with E-state index >= 15 is 0 Å². The van der Waals surface area contributed by atoms with Crippen LogP contribution in [0.15, 0.2) is 42.0 Å². The standard InChI is InChI=1S/C15H20O/c1-3-13(4-2)9-8-12-15(16)14-10-6-5-7-11-14/h5-7,9-11H,3-4,8,12H2,1-2H3. The van der Waals surface area contributed by atoms with Gasteiger partial charge in [-0.2, -0.15) is 0 Å². The maximum atomic E-state index is 11.8. The van der Waals surface area contributed by atoms with Crippen LogP contribution in [0.25, 0.3) is 0 Å². The average molecular weight is 216 g/mol. The molecule has 86 valence electrons. The SMILES string of the molecule is CCC(=CCCC(=O)c1ccccc1)CC. The van der Waals surface area contributed by atoms with Gasteiger partial charge in [0.25, 0.3) is 0 Å². The average Bonchev–Trinajstić information content (AvgIpc) is 2.35. The molecule has 0 fully saturated rings. The molecule has 0 saturated heterocycles. The largest absolute Gasteiger partial charge is 0.294 e. The third-order valence-electron chi connectivity index (χ3n) is 2.81. The smallest absolute Gasteiger partial charge is 0.163 e. The van der Waals surface area contributed by atoms with Crippen LogP contribution < -0.4 is 0 Å². The number of hydrogen-bond donors (Lipinski definition) is 0. The van der Waals surface area contributed by atoms with E-state index in [2.05, 4.69) is 19.9 Å². The molecule has 0 aromatic heterocycles. The molecule has 0 aliphatic carbocycles. The summed E-state index contributed by atoms with van der Waals surface area (Å²) in [6.45, 7) is 4.32. The first-order valence-corrected chi connectivity index (χ1v) is 6.04. The van der Waals surface area contributed by atoms with Crippen LogP contribution in [-0.4, -0.2) is 5.78 Å². The second-order valence-corrected chi connectivity index (χ2v) is 3.90. The molecular formula is C15H20O. The van der Waals surface area contributed by atoms with Gasteiger partial charge in [0.2, 0.25) is 0 Å². The number of benzene rings is 1. The maximum absolute atomic E-state index is 11.8. The van der Waals surface area contributed by atoms with Crippen molar-refractivity contribution >= 4 is 5.78 Å². The number of carbonyl (C=O) groups excluding carboxylic acids is 1. The fraction of sp³-hybridized carbons (Fsp3) is 0.400. The van der Waals surface area contributed by atoms with Crippen molar-refractivity contribution in [2.45, 2.75) is 39.5 Å². The molecule has 0 bridgehead atoms. The first-order valence-electron chi connectivity index (χ1n) is 6.04. The second kappa shape index (κ2) is 7.00. The predicted octanol–water partition coefficient (Wildman–Crippen LogP) is 4.40. The van der Waals surface area contributed by atoms with Gasteiger partial charge in [0.1, 0.15) is 0 Å². The Labute approximate surface area is 98.2 Å². The molecule has 1 aromatic carbocycles. The van der Waals surface area contributed by atoms with Gasteiger partial charge in [0.15, 0.2) is 5.78 Å². The van der Waals surface area contributed by atoms with Gasteiger partial charge in [0, 0.05) is 12.0 Å². The monoisotopic (exact) mass is 216 g/mol. The highest BCUT2D eigenvalue weighted by Gasteiger charge is 2.03. The fourth-order valence-corrected chi connectivity index (χ4v) is 1.71. The van der Waals surface area contributed by atoms with Gasteiger partial charge in [-0.3, -0.25) is 4.79 Å². The Balaban J connectivity index is 2.45. The summed E-state index contributed by atoms with van der Waals surface area (Å²) in [4.78, 5) is 11.8. The summed E-state index contributed by atoms with van der Waals surface area (Å²) in [6, 6.07) is 9.52. The van der Waals surface area contributed by atoms with Gasteiger partial charge in [0.05, 0.1) is 0 Å². The number of allylic oxidation sites excluding steroid dienone is 2. The van der Waals surface area contributed by atoms with Crippen LogP contribution in [0.3, 0.4) is 0 Å². The van der Waals surface area contributed by atoms with Crippen LogP contribution in [0.4, 0.5) is 0 Å². The Hall–Kier alpha value is -1.37. The number of hydrogen-bond acceptors (Lipinski definition) is 1. The molecule has 1 rings (SSSR count). The fourth-order valence-electron chi connectivity index (χ4n) is 1.71. The van der Waals surface area contributed by atoms with Crippen LogP contribution in [0.1, 0.15) is 49.9 Å². The molecule has 0 radical (unpaired) electrons. The molecule has 0 spiro atoms. The lowest BCUT2D eigenvalue weighted by molar-refractivity contribution is 0.0983. The number of Topliss-reactive ketones (excluding diaryl/α,β-unsaturated/α-hetero) is 1. The van der Waals surface area contributed by atoms with Crippen LogP contribution in [0, 0.1) is 0 Å². The summed E-state index contributed by atoms with van der Waals surface area (Å²) >= 11 is 0. The van der Waals surface area contributed by atoms with E-state index in [9.17, 15) is 4.79 Å². The molecule has 0 saturated carbocycles. The molecule has 1 aromatic rings. The van der Waals surface area contributed by atoms with Crippen molar-refractivity contribution in [3.05, 3.63) is 47.5 Å². The summed E-state index contributed by atoms with van der Waals surface area (Å²) in [5.41, 5.74) is 2.27. The van der Waals surface area contributed by atoms with E-state index in [0.29, 0.717) is 6.42 Å². The lowest BCUT2D eigenvalue weighted by atomic mass is 10.0. The Bertz CT molecular complexity index is 343. The lowest BCUT2D eigenvalue weighted by Gasteiger charge is -2.01. The van der Waals surface area contributed by atoms with Crippen molar-refractivity contribution < 1.29 is 4.79 Å². The van der Waals surface area contributed by atoms with Crippen molar-refractivity contribution in [1.29, 1.82) is 0 Å². The highest BCUT2D eigenvalue weighted by molar-refractivity contribution is 5.96. The van der Waals surface area contributed by atoms with Crippen LogP contribution >= 0.6 is 0 Å². The molecule has 1 nitrogen and oxygen atoms in total. The number of carbonyl (C=O) groups is 1. The molecule has 0 heterocycles. The highest BCUT2D eigenvalue weighted by atomic mass is 16.1. The molecule has 0 N–H and O–H groups in total. The van der Waals surface area contributed by atoms with E-state index in [1.165, 1.54) is 5.57 Å². The predicted molar refractivity (Wildman–Crippen MR) is 68.7 cm³/mol. The first-order chi connectivity index (χ1) is 7.77. The van der Waals surface area contributed by atoms with E-state index in [1.807, 2.05) is 30.3 Å². The Morgan fingerprint density at radius 2 is 1.75 bits per heavy atom. The van der Waals surface area contributed by atoms with Crippen LogP contribution in [0.2, 0.25) is 0 Å². The van der Waals surface area contributed by atoms with Crippen LogP contribution in [-0.2, 0) is 0 Å². The third-order valence-corrected chi connectivity index (χ3v) is 2.81. The minimum Gasteiger partial charge on any atom is -0.294 e. The number of ketones is 1. The summed E-state index contributed by atoms with van der Waals surface area (Å²) in [5.74, 6) is 0.239. The van der Waals surface area contributed by atoms with Crippen molar-refractivity contribution in [2.24, 2.45) is 0 Å². The molecule has 0 atom stereocenters. The van der Waals surface area contributed by atoms with E-state index in [4.69, 9.17) is 0 Å². The highest BCUT2D eigenvalue weighted by Crippen LogP contribution is 2.10. The van der Waals surface area contributed by atoms with Gasteiger partial charge in [-0.15, -0.1) is 0 Å². The zero-order valence-corrected chi connectivity index (χ0v) is 10.2. The van der Waals surface area contributed by atoms with Gasteiger partial charge < -0.3 is 0 Å².